The summed E-state index contributed by atoms with van der Waals surface area (Å²) < 4.78 is 10.7. The fraction of sp³-hybridized carbons (Fsp3) is 0.294. The van der Waals surface area contributed by atoms with Gasteiger partial charge in [-0.3, -0.25) is 0 Å². The van der Waals surface area contributed by atoms with E-state index < -0.39 is 12.1 Å². The summed E-state index contributed by atoms with van der Waals surface area (Å²) in [6.07, 6.45) is -0.797. The van der Waals surface area contributed by atoms with Gasteiger partial charge in [0.15, 0.2) is 5.69 Å². The van der Waals surface area contributed by atoms with Crippen LogP contribution in [-0.4, -0.2) is 41.9 Å². The van der Waals surface area contributed by atoms with Crippen molar-refractivity contribution in [3.8, 4) is 11.5 Å². The van der Waals surface area contributed by atoms with Crippen molar-refractivity contribution in [2.75, 3.05) is 25.7 Å². The third kappa shape index (κ3) is 2.74. The second kappa shape index (κ2) is 6.37. The Morgan fingerprint density at radius 2 is 1.92 bits per heavy atom. The van der Waals surface area contributed by atoms with Gasteiger partial charge in [-0.15, -0.1) is 0 Å². The average Bonchev–Trinajstić information content (AvgIpc) is 2.60. The molecule has 2 N–H and O–H groups in total. The fourth-order valence-corrected chi connectivity index (χ4v) is 2.97. The Balaban J connectivity index is 2.03. The van der Waals surface area contributed by atoms with Gasteiger partial charge in [0.1, 0.15) is 23.4 Å². The summed E-state index contributed by atoms with van der Waals surface area (Å²) in [5, 5.41) is 19.7. The van der Waals surface area contributed by atoms with Gasteiger partial charge >= 0.3 is 5.97 Å². The van der Waals surface area contributed by atoms with Crippen LogP contribution in [0.25, 0.3) is 0 Å². The Labute approximate surface area is 139 Å². The zero-order chi connectivity index (χ0) is 17.3. The van der Waals surface area contributed by atoms with E-state index in [4.69, 9.17) is 14.6 Å². The number of aromatic nitrogens is 1. The van der Waals surface area contributed by atoms with E-state index in [1.807, 2.05) is 4.90 Å². The molecule has 1 unspecified atom stereocenters. The highest BCUT2D eigenvalue weighted by molar-refractivity contribution is 5.85. The first kappa shape index (κ1) is 16.1. The summed E-state index contributed by atoms with van der Waals surface area (Å²) in [7, 11) is 3.12. The van der Waals surface area contributed by atoms with Crippen LogP contribution in [-0.2, 0) is 6.54 Å². The third-order valence-electron chi connectivity index (χ3n) is 4.07. The van der Waals surface area contributed by atoms with Crippen molar-refractivity contribution >= 4 is 11.8 Å². The Morgan fingerprint density at radius 1 is 1.21 bits per heavy atom. The van der Waals surface area contributed by atoms with E-state index in [-0.39, 0.29) is 12.2 Å². The molecule has 0 spiro atoms. The Hall–Kier alpha value is -2.80. The zero-order valence-corrected chi connectivity index (χ0v) is 13.4. The Morgan fingerprint density at radius 3 is 2.58 bits per heavy atom. The Bertz CT molecular complexity index is 778. The average molecular weight is 330 g/mol. The SMILES string of the molecule is COc1ccc(OC)c2c1CN(c1cccc(C(=O)O)n1)CC2O. The monoisotopic (exact) mass is 330 g/mol. The number of benzene rings is 1. The summed E-state index contributed by atoms with van der Waals surface area (Å²) in [6, 6.07) is 8.34. The second-order valence-corrected chi connectivity index (χ2v) is 5.44. The molecule has 0 bridgehead atoms. The molecule has 1 aliphatic heterocycles. The maximum absolute atomic E-state index is 11.1. The number of hydrogen-bond donors (Lipinski definition) is 2. The van der Waals surface area contributed by atoms with E-state index in [2.05, 4.69) is 4.98 Å². The molecule has 2 aromatic rings. The molecule has 126 valence electrons. The van der Waals surface area contributed by atoms with E-state index >= 15 is 0 Å². The van der Waals surface area contributed by atoms with Gasteiger partial charge in [-0.25, -0.2) is 9.78 Å². The first-order valence-corrected chi connectivity index (χ1v) is 7.42. The molecule has 0 amide bonds. The minimum Gasteiger partial charge on any atom is -0.496 e. The van der Waals surface area contributed by atoms with E-state index in [0.717, 1.165) is 5.56 Å². The van der Waals surface area contributed by atoms with E-state index in [9.17, 15) is 9.90 Å². The number of hydrogen-bond acceptors (Lipinski definition) is 6. The fourth-order valence-electron chi connectivity index (χ4n) is 2.97. The van der Waals surface area contributed by atoms with Gasteiger partial charge in [-0.2, -0.15) is 0 Å². The van der Waals surface area contributed by atoms with Gasteiger partial charge in [0.05, 0.1) is 20.8 Å². The number of rotatable bonds is 4. The highest BCUT2D eigenvalue weighted by Crippen LogP contribution is 2.40. The molecule has 3 rings (SSSR count). The van der Waals surface area contributed by atoms with Crippen LogP contribution in [0.1, 0.15) is 27.7 Å². The molecule has 2 heterocycles. The van der Waals surface area contributed by atoms with Crippen LogP contribution in [0, 0.1) is 0 Å². The number of pyridine rings is 1. The summed E-state index contributed by atoms with van der Waals surface area (Å²) in [4.78, 5) is 17.1. The molecule has 0 aliphatic carbocycles. The molecule has 0 saturated heterocycles. The minimum atomic E-state index is -1.09. The maximum Gasteiger partial charge on any atom is 0.354 e. The van der Waals surface area contributed by atoms with Crippen LogP contribution in [0.15, 0.2) is 30.3 Å². The molecule has 1 aromatic heterocycles. The lowest BCUT2D eigenvalue weighted by Gasteiger charge is -2.34. The van der Waals surface area contributed by atoms with Gasteiger partial charge < -0.3 is 24.6 Å². The molecule has 0 fully saturated rings. The molecular weight excluding hydrogens is 312 g/mol. The number of aliphatic hydroxyl groups is 1. The van der Waals surface area contributed by atoms with E-state index in [1.54, 1.807) is 38.5 Å². The number of anilines is 1. The molecular formula is C17H18N2O5. The van der Waals surface area contributed by atoms with Crippen molar-refractivity contribution in [1.82, 2.24) is 4.98 Å². The number of carbonyl (C=O) groups is 1. The standard InChI is InChI=1S/C17H18N2O5/c1-23-13-6-7-14(24-2)16-10(13)8-19(9-12(16)20)15-5-3-4-11(18-15)17(21)22/h3-7,12,20H,8-9H2,1-2H3,(H,21,22). The predicted molar refractivity (Wildman–Crippen MR) is 86.8 cm³/mol. The number of aromatic carboxylic acids is 1. The Kier molecular flexibility index (Phi) is 4.26. The van der Waals surface area contributed by atoms with Gasteiger partial charge in [0.25, 0.3) is 0 Å². The number of carboxylic acids is 1. The number of carboxylic acid groups (broad SMARTS) is 1. The summed E-state index contributed by atoms with van der Waals surface area (Å²) in [5.41, 5.74) is 1.46. The molecule has 0 saturated carbocycles. The van der Waals surface area contributed by atoms with Crippen LogP contribution in [0.2, 0.25) is 0 Å². The minimum absolute atomic E-state index is 0.0367. The molecule has 0 radical (unpaired) electrons. The topological polar surface area (TPSA) is 92.1 Å². The summed E-state index contributed by atoms with van der Waals surface area (Å²) in [5.74, 6) is 0.646. The lowest BCUT2D eigenvalue weighted by atomic mass is 9.95. The molecule has 1 aliphatic rings. The number of aliphatic hydroxyl groups excluding tert-OH is 1. The number of fused-ring (bicyclic) bond motifs is 1. The largest absolute Gasteiger partial charge is 0.496 e. The smallest absolute Gasteiger partial charge is 0.354 e. The number of β-amino-alcohol motifs (C(OH)–C–C–N with tert-alkyl or cyclic N) is 1. The van der Waals surface area contributed by atoms with Crippen molar-refractivity contribution in [2.45, 2.75) is 12.6 Å². The summed E-state index contributed by atoms with van der Waals surface area (Å²) >= 11 is 0. The highest BCUT2D eigenvalue weighted by atomic mass is 16.5. The molecule has 24 heavy (non-hydrogen) atoms. The van der Waals surface area contributed by atoms with Crippen LogP contribution < -0.4 is 14.4 Å². The normalized spacial score (nSPS) is 16.5. The lowest BCUT2D eigenvalue weighted by Crippen LogP contribution is -2.35. The third-order valence-corrected chi connectivity index (χ3v) is 4.07. The quantitative estimate of drug-likeness (QED) is 0.884. The maximum atomic E-state index is 11.1. The van der Waals surface area contributed by atoms with Crippen LogP contribution >= 0.6 is 0 Å². The molecule has 1 atom stereocenters. The van der Waals surface area contributed by atoms with Crippen LogP contribution in [0.5, 0.6) is 11.5 Å². The van der Waals surface area contributed by atoms with Gasteiger partial charge in [0.2, 0.25) is 0 Å². The first-order valence-electron chi connectivity index (χ1n) is 7.42. The van der Waals surface area contributed by atoms with Crippen LogP contribution in [0.3, 0.4) is 0 Å². The van der Waals surface area contributed by atoms with E-state index in [1.165, 1.54) is 6.07 Å². The predicted octanol–water partition coefficient (Wildman–Crippen LogP) is 1.85. The van der Waals surface area contributed by atoms with Crippen molar-refractivity contribution in [2.24, 2.45) is 0 Å². The number of nitrogens with zero attached hydrogens (tertiary/aromatic N) is 2. The molecule has 7 nitrogen and oxygen atoms in total. The second-order valence-electron chi connectivity index (χ2n) is 5.44. The first-order chi connectivity index (χ1) is 11.5. The zero-order valence-electron chi connectivity index (χ0n) is 13.4. The molecule has 1 aromatic carbocycles. The summed E-state index contributed by atoms with van der Waals surface area (Å²) in [6.45, 7) is 0.718. The van der Waals surface area contributed by atoms with E-state index in [0.29, 0.717) is 29.4 Å². The molecule has 7 heteroatoms. The highest BCUT2D eigenvalue weighted by Gasteiger charge is 2.30. The van der Waals surface area contributed by atoms with Gasteiger partial charge in [-0.1, -0.05) is 6.07 Å². The number of ether oxygens (including phenoxy) is 2. The van der Waals surface area contributed by atoms with Crippen LogP contribution in [0.4, 0.5) is 5.82 Å². The van der Waals surface area contributed by atoms with Crippen molar-refractivity contribution < 1.29 is 24.5 Å². The van der Waals surface area contributed by atoms with Crippen molar-refractivity contribution in [3.05, 3.63) is 47.2 Å². The van der Waals surface area contributed by atoms with Gasteiger partial charge in [0, 0.05) is 17.7 Å². The lowest BCUT2D eigenvalue weighted by molar-refractivity contribution is 0.0690. The van der Waals surface area contributed by atoms with Gasteiger partial charge in [-0.05, 0) is 24.3 Å². The number of methoxy groups -OCH3 is 2. The van der Waals surface area contributed by atoms with Crippen molar-refractivity contribution in [1.29, 1.82) is 0 Å². The van der Waals surface area contributed by atoms with Crippen molar-refractivity contribution in [3.63, 3.8) is 0 Å².